The first-order valence-corrected chi connectivity index (χ1v) is 8.62. The van der Waals surface area contributed by atoms with Gasteiger partial charge in [0.15, 0.2) is 0 Å². The van der Waals surface area contributed by atoms with Crippen LogP contribution in [0, 0.1) is 5.92 Å². The molecule has 1 aromatic carbocycles. The van der Waals surface area contributed by atoms with E-state index in [0.717, 1.165) is 29.4 Å². The fourth-order valence-electron chi connectivity index (χ4n) is 3.82. The summed E-state index contributed by atoms with van der Waals surface area (Å²) in [5, 5.41) is 10.4. The number of para-hydroxylation sites is 1. The lowest BCUT2D eigenvalue weighted by Crippen LogP contribution is -2.49. The Morgan fingerprint density at radius 3 is 2.75 bits per heavy atom. The molecule has 2 aromatic rings. The Hall–Kier alpha value is -2.30. The lowest BCUT2D eigenvalue weighted by atomic mass is 9.90. The van der Waals surface area contributed by atoms with Gasteiger partial charge in [-0.15, -0.1) is 0 Å². The van der Waals surface area contributed by atoms with Crippen LogP contribution in [0.25, 0.3) is 10.9 Å². The van der Waals surface area contributed by atoms with Crippen molar-refractivity contribution in [3.05, 3.63) is 36.0 Å². The largest absolute Gasteiger partial charge is 0.481 e. The number of amides is 1. The first kappa shape index (κ1) is 16.6. The zero-order valence-corrected chi connectivity index (χ0v) is 14.2. The van der Waals surface area contributed by atoms with Crippen molar-refractivity contribution in [1.29, 1.82) is 0 Å². The molecule has 0 spiro atoms. The van der Waals surface area contributed by atoms with E-state index < -0.39 is 11.9 Å². The molecule has 0 saturated carbocycles. The van der Waals surface area contributed by atoms with E-state index >= 15 is 0 Å². The summed E-state index contributed by atoms with van der Waals surface area (Å²) >= 11 is 0. The number of fused-ring (bicyclic) bond motifs is 1. The molecule has 5 nitrogen and oxygen atoms in total. The number of likely N-dealkylation sites (tertiary alicyclic amines) is 1. The minimum atomic E-state index is -0.803. The van der Waals surface area contributed by atoms with Gasteiger partial charge in [0.2, 0.25) is 5.91 Å². The predicted octanol–water partition coefficient (Wildman–Crippen LogP) is 2.92. The minimum Gasteiger partial charge on any atom is -0.481 e. The molecule has 1 aromatic heterocycles. The van der Waals surface area contributed by atoms with Crippen molar-refractivity contribution in [2.24, 2.45) is 5.92 Å². The summed E-state index contributed by atoms with van der Waals surface area (Å²) in [5.41, 5.74) is 2.15. The number of carbonyl (C=O) groups is 2. The van der Waals surface area contributed by atoms with Crippen LogP contribution in [0.4, 0.5) is 0 Å². The number of piperidine rings is 1. The van der Waals surface area contributed by atoms with E-state index in [0.29, 0.717) is 19.4 Å². The molecular weight excluding hydrogens is 304 g/mol. The summed E-state index contributed by atoms with van der Waals surface area (Å²) in [6, 6.07) is 7.86. The van der Waals surface area contributed by atoms with E-state index in [2.05, 4.69) is 17.6 Å². The minimum absolute atomic E-state index is 0.0208. The number of aliphatic carboxylic acids is 1. The monoisotopic (exact) mass is 328 g/mol. The first-order chi connectivity index (χ1) is 11.5. The lowest BCUT2D eigenvalue weighted by molar-refractivity contribution is -0.148. The molecule has 2 heterocycles. The normalized spacial score (nSPS) is 21.2. The van der Waals surface area contributed by atoms with Gasteiger partial charge in [-0.2, -0.15) is 0 Å². The van der Waals surface area contributed by atoms with Gasteiger partial charge in [0.1, 0.15) is 0 Å². The molecule has 128 valence electrons. The Labute approximate surface area is 141 Å². The smallest absolute Gasteiger partial charge is 0.308 e. The second kappa shape index (κ2) is 6.67. The number of aromatic nitrogens is 1. The fourth-order valence-corrected chi connectivity index (χ4v) is 3.82. The Kier molecular flexibility index (Phi) is 4.60. The quantitative estimate of drug-likeness (QED) is 0.938. The Bertz CT molecular complexity index is 765. The number of carboxylic acids is 1. The molecule has 2 atom stereocenters. The number of rotatable bonds is 4. The molecule has 1 fully saturated rings. The van der Waals surface area contributed by atoms with Crippen LogP contribution in [0.2, 0.25) is 0 Å². The molecule has 24 heavy (non-hydrogen) atoms. The van der Waals surface area contributed by atoms with E-state index in [1.165, 1.54) is 0 Å². The second-order valence-corrected chi connectivity index (χ2v) is 6.55. The first-order valence-electron chi connectivity index (χ1n) is 8.62. The van der Waals surface area contributed by atoms with Crippen LogP contribution < -0.4 is 0 Å². The van der Waals surface area contributed by atoms with Crippen molar-refractivity contribution in [2.45, 2.75) is 45.7 Å². The van der Waals surface area contributed by atoms with Gasteiger partial charge < -0.3 is 14.6 Å². The van der Waals surface area contributed by atoms with Gasteiger partial charge in [0, 0.05) is 36.2 Å². The van der Waals surface area contributed by atoms with Crippen molar-refractivity contribution >= 4 is 22.8 Å². The van der Waals surface area contributed by atoms with Gasteiger partial charge in [-0.3, -0.25) is 9.59 Å². The van der Waals surface area contributed by atoms with Crippen LogP contribution in [0.5, 0.6) is 0 Å². The van der Waals surface area contributed by atoms with E-state index in [4.69, 9.17) is 0 Å². The van der Waals surface area contributed by atoms with Crippen LogP contribution >= 0.6 is 0 Å². The number of hydrogen-bond acceptors (Lipinski definition) is 2. The van der Waals surface area contributed by atoms with E-state index in [1.54, 1.807) is 4.90 Å². The van der Waals surface area contributed by atoms with E-state index in [-0.39, 0.29) is 11.9 Å². The SMILES string of the molecule is CCn1cc(CC(=O)N2CCC[C@H](C(=O)O)[C@@H]2C)c2ccccc21. The molecule has 1 amide bonds. The molecule has 1 aliphatic heterocycles. The third kappa shape index (κ3) is 2.90. The Morgan fingerprint density at radius 2 is 2.04 bits per heavy atom. The number of aryl methyl sites for hydroxylation is 1. The van der Waals surface area contributed by atoms with Crippen LogP contribution in [-0.4, -0.2) is 39.0 Å². The van der Waals surface area contributed by atoms with Gasteiger partial charge in [-0.05, 0) is 38.3 Å². The van der Waals surface area contributed by atoms with Gasteiger partial charge >= 0.3 is 5.97 Å². The standard InChI is InChI=1S/C19H24N2O3/c1-3-20-12-14(16-7-4-5-9-17(16)20)11-18(22)21-10-6-8-15(13(21)2)19(23)24/h4-5,7,9,12-13,15H,3,6,8,10-11H2,1-2H3,(H,23,24)/t13-,15-/m0/s1. The zero-order chi connectivity index (χ0) is 17.3. The summed E-state index contributed by atoms with van der Waals surface area (Å²) in [6.45, 7) is 5.44. The van der Waals surface area contributed by atoms with Crippen LogP contribution in [0.15, 0.2) is 30.5 Å². The van der Waals surface area contributed by atoms with Crippen molar-refractivity contribution in [3.8, 4) is 0 Å². The van der Waals surface area contributed by atoms with Crippen molar-refractivity contribution in [3.63, 3.8) is 0 Å². The van der Waals surface area contributed by atoms with E-state index in [9.17, 15) is 14.7 Å². The maximum Gasteiger partial charge on any atom is 0.308 e. The number of hydrogen-bond donors (Lipinski definition) is 1. The fraction of sp³-hybridized carbons (Fsp3) is 0.474. The zero-order valence-electron chi connectivity index (χ0n) is 14.2. The van der Waals surface area contributed by atoms with Gasteiger partial charge in [-0.25, -0.2) is 0 Å². The van der Waals surface area contributed by atoms with Crippen molar-refractivity contribution in [1.82, 2.24) is 9.47 Å². The summed E-state index contributed by atoms with van der Waals surface area (Å²) in [5.74, 6) is -1.24. The average Bonchev–Trinajstić information content (AvgIpc) is 2.92. The topological polar surface area (TPSA) is 62.5 Å². The molecule has 0 radical (unpaired) electrons. The average molecular weight is 328 g/mol. The third-order valence-corrected chi connectivity index (χ3v) is 5.18. The van der Waals surface area contributed by atoms with Crippen LogP contribution in [-0.2, 0) is 22.6 Å². The summed E-state index contributed by atoms with van der Waals surface area (Å²) < 4.78 is 2.15. The molecule has 5 heteroatoms. The summed E-state index contributed by atoms with van der Waals surface area (Å²) in [4.78, 5) is 25.9. The summed E-state index contributed by atoms with van der Waals surface area (Å²) in [6.07, 6.45) is 3.77. The van der Waals surface area contributed by atoms with Crippen LogP contribution in [0.3, 0.4) is 0 Å². The predicted molar refractivity (Wildman–Crippen MR) is 92.9 cm³/mol. The van der Waals surface area contributed by atoms with Gasteiger partial charge in [0.25, 0.3) is 0 Å². The molecule has 3 rings (SSSR count). The molecule has 1 saturated heterocycles. The highest BCUT2D eigenvalue weighted by Gasteiger charge is 2.35. The number of carboxylic acid groups (broad SMARTS) is 1. The summed E-state index contributed by atoms with van der Waals surface area (Å²) in [7, 11) is 0. The maximum atomic E-state index is 12.8. The Morgan fingerprint density at radius 1 is 1.29 bits per heavy atom. The molecular formula is C19H24N2O3. The molecule has 1 N–H and O–H groups in total. The van der Waals surface area contributed by atoms with Crippen molar-refractivity contribution in [2.75, 3.05) is 6.54 Å². The Balaban J connectivity index is 1.83. The highest BCUT2D eigenvalue weighted by Crippen LogP contribution is 2.26. The van der Waals surface area contributed by atoms with E-state index in [1.807, 2.05) is 31.3 Å². The molecule has 0 bridgehead atoms. The second-order valence-electron chi connectivity index (χ2n) is 6.55. The number of nitrogens with zero attached hydrogens (tertiary/aromatic N) is 2. The number of benzene rings is 1. The maximum absolute atomic E-state index is 12.8. The lowest BCUT2D eigenvalue weighted by Gasteiger charge is -2.37. The highest BCUT2D eigenvalue weighted by atomic mass is 16.4. The van der Waals surface area contributed by atoms with Gasteiger partial charge in [0.05, 0.1) is 12.3 Å². The number of carbonyl (C=O) groups excluding carboxylic acids is 1. The van der Waals surface area contributed by atoms with Crippen molar-refractivity contribution < 1.29 is 14.7 Å². The van der Waals surface area contributed by atoms with Gasteiger partial charge in [-0.1, -0.05) is 18.2 Å². The highest BCUT2D eigenvalue weighted by molar-refractivity contribution is 5.89. The van der Waals surface area contributed by atoms with Crippen LogP contribution in [0.1, 0.15) is 32.3 Å². The molecule has 1 aliphatic rings. The molecule has 0 unspecified atom stereocenters. The molecule has 0 aliphatic carbocycles. The third-order valence-electron chi connectivity index (χ3n) is 5.18.